The first-order valence-corrected chi connectivity index (χ1v) is 7.81. The van der Waals surface area contributed by atoms with Crippen molar-refractivity contribution in [3.63, 3.8) is 0 Å². The number of amides is 2. The van der Waals surface area contributed by atoms with Crippen LogP contribution in [0.1, 0.15) is 29.5 Å². The van der Waals surface area contributed by atoms with Crippen LogP contribution < -0.4 is 10.6 Å². The molecule has 1 aromatic heterocycles. The van der Waals surface area contributed by atoms with Crippen molar-refractivity contribution in [2.75, 3.05) is 13.1 Å². The molecule has 0 aliphatic carbocycles. The highest BCUT2D eigenvalue weighted by Gasteiger charge is 2.35. The summed E-state index contributed by atoms with van der Waals surface area (Å²) in [5.74, 6) is -1.60. The largest absolute Gasteiger partial charge is 0.481 e. The van der Waals surface area contributed by atoms with E-state index in [2.05, 4.69) is 10.6 Å². The van der Waals surface area contributed by atoms with Gasteiger partial charge in [-0.2, -0.15) is 0 Å². The van der Waals surface area contributed by atoms with Crippen LogP contribution in [0.2, 0.25) is 0 Å². The summed E-state index contributed by atoms with van der Waals surface area (Å²) in [4.78, 5) is 35.2. The van der Waals surface area contributed by atoms with Crippen LogP contribution in [-0.2, 0) is 15.0 Å². The molecule has 1 unspecified atom stereocenters. The summed E-state index contributed by atoms with van der Waals surface area (Å²) in [5.41, 5.74) is -0.622. The molecule has 0 saturated carbocycles. The van der Waals surface area contributed by atoms with Gasteiger partial charge in [-0.25, -0.2) is 0 Å². The van der Waals surface area contributed by atoms with Gasteiger partial charge in [-0.1, -0.05) is 30.3 Å². The van der Waals surface area contributed by atoms with Gasteiger partial charge in [-0.05, 0) is 24.6 Å². The summed E-state index contributed by atoms with van der Waals surface area (Å²) in [7, 11) is 0. The predicted octanol–water partition coefficient (Wildman–Crippen LogP) is 1.56. The van der Waals surface area contributed by atoms with Crippen molar-refractivity contribution in [1.29, 1.82) is 0 Å². The predicted molar refractivity (Wildman–Crippen MR) is 90.1 cm³/mol. The standard InChI is InChI=1S/C18H20N2O5/c1-18(17(23)24,13-6-3-2-4-7-13)12-20-15(21)9-10-19-16(22)14-8-5-11-25-14/h2-8,11H,9-10,12H2,1H3,(H,19,22)(H,20,21)(H,23,24). The minimum atomic E-state index is -1.23. The average Bonchev–Trinajstić information content (AvgIpc) is 3.15. The maximum absolute atomic E-state index is 11.9. The Morgan fingerprint density at radius 2 is 1.80 bits per heavy atom. The molecule has 25 heavy (non-hydrogen) atoms. The van der Waals surface area contributed by atoms with Gasteiger partial charge in [-0.3, -0.25) is 14.4 Å². The summed E-state index contributed by atoms with van der Waals surface area (Å²) in [6, 6.07) is 11.8. The SMILES string of the molecule is CC(CNC(=O)CCNC(=O)c1ccco1)(C(=O)O)c1ccccc1. The first kappa shape index (κ1) is 18.3. The van der Waals surface area contributed by atoms with Gasteiger partial charge in [-0.15, -0.1) is 0 Å². The number of hydrogen-bond acceptors (Lipinski definition) is 4. The highest BCUT2D eigenvalue weighted by Crippen LogP contribution is 2.23. The third-order valence-electron chi connectivity index (χ3n) is 3.90. The van der Waals surface area contributed by atoms with Gasteiger partial charge in [0.2, 0.25) is 5.91 Å². The lowest BCUT2D eigenvalue weighted by molar-refractivity contribution is -0.143. The molecule has 7 heteroatoms. The summed E-state index contributed by atoms with van der Waals surface area (Å²) in [6.07, 6.45) is 1.43. The molecule has 3 N–H and O–H groups in total. The molecule has 0 saturated heterocycles. The lowest BCUT2D eigenvalue weighted by Gasteiger charge is -2.25. The van der Waals surface area contributed by atoms with E-state index >= 15 is 0 Å². The molecular formula is C18H20N2O5. The van der Waals surface area contributed by atoms with Crippen LogP contribution in [-0.4, -0.2) is 36.0 Å². The van der Waals surface area contributed by atoms with Crippen LogP contribution >= 0.6 is 0 Å². The number of benzene rings is 1. The van der Waals surface area contributed by atoms with Crippen molar-refractivity contribution in [2.45, 2.75) is 18.8 Å². The lowest BCUT2D eigenvalue weighted by Crippen LogP contribution is -2.44. The molecule has 0 radical (unpaired) electrons. The van der Waals surface area contributed by atoms with Crippen LogP contribution in [0.15, 0.2) is 53.1 Å². The summed E-state index contributed by atoms with van der Waals surface area (Å²) in [5, 5.41) is 14.7. The molecule has 0 spiro atoms. The van der Waals surface area contributed by atoms with E-state index in [1.807, 2.05) is 0 Å². The molecule has 1 aromatic carbocycles. The number of carboxylic acid groups (broad SMARTS) is 1. The van der Waals surface area contributed by atoms with Crippen molar-refractivity contribution in [1.82, 2.24) is 10.6 Å². The van der Waals surface area contributed by atoms with E-state index in [-0.39, 0.29) is 31.2 Å². The van der Waals surface area contributed by atoms with Gasteiger partial charge in [0.05, 0.1) is 6.26 Å². The number of nitrogens with one attached hydrogen (secondary N) is 2. The molecule has 1 atom stereocenters. The molecule has 2 rings (SSSR count). The molecule has 0 fully saturated rings. The topological polar surface area (TPSA) is 109 Å². The zero-order chi connectivity index (χ0) is 18.3. The molecule has 2 amide bonds. The van der Waals surface area contributed by atoms with Crippen molar-refractivity contribution in [3.05, 3.63) is 60.1 Å². The van der Waals surface area contributed by atoms with Crippen LogP contribution in [0.4, 0.5) is 0 Å². The number of aliphatic carboxylic acids is 1. The fraction of sp³-hybridized carbons (Fsp3) is 0.278. The van der Waals surface area contributed by atoms with E-state index in [0.29, 0.717) is 5.56 Å². The Hall–Kier alpha value is -3.09. The molecule has 0 aliphatic rings. The van der Waals surface area contributed by atoms with E-state index in [0.717, 1.165) is 0 Å². The molecular weight excluding hydrogens is 324 g/mol. The van der Waals surface area contributed by atoms with Gasteiger partial charge >= 0.3 is 5.97 Å². The second kappa shape index (κ2) is 8.14. The smallest absolute Gasteiger partial charge is 0.315 e. The highest BCUT2D eigenvalue weighted by atomic mass is 16.4. The van der Waals surface area contributed by atoms with Crippen LogP contribution in [0.5, 0.6) is 0 Å². The second-order valence-corrected chi connectivity index (χ2v) is 5.76. The maximum atomic E-state index is 11.9. The van der Waals surface area contributed by atoms with Crippen LogP contribution in [0.3, 0.4) is 0 Å². The first-order valence-electron chi connectivity index (χ1n) is 7.81. The fourth-order valence-electron chi connectivity index (χ4n) is 2.26. The molecule has 2 aromatic rings. The summed E-state index contributed by atoms with van der Waals surface area (Å²) in [6.45, 7) is 1.64. The number of furan rings is 1. The Morgan fingerprint density at radius 3 is 2.40 bits per heavy atom. The highest BCUT2D eigenvalue weighted by molar-refractivity contribution is 5.91. The van der Waals surface area contributed by atoms with Crippen LogP contribution in [0, 0.1) is 0 Å². The number of carboxylic acids is 1. The van der Waals surface area contributed by atoms with E-state index in [1.54, 1.807) is 43.3 Å². The van der Waals surface area contributed by atoms with E-state index < -0.39 is 17.3 Å². The molecule has 0 aliphatic heterocycles. The van der Waals surface area contributed by atoms with Crippen molar-refractivity contribution in [2.24, 2.45) is 0 Å². The molecule has 132 valence electrons. The fourth-order valence-corrected chi connectivity index (χ4v) is 2.26. The number of carbonyl (C=O) groups is 3. The minimum Gasteiger partial charge on any atom is -0.481 e. The molecule has 1 heterocycles. The number of hydrogen-bond donors (Lipinski definition) is 3. The van der Waals surface area contributed by atoms with E-state index in [4.69, 9.17) is 4.42 Å². The Bertz CT molecular complexity index is 727. The lowest BCUT2D eigenvalue weighted by atomic mass is 9.82. The first-order chi connectivity index (χ1) is 11.9. The summed E-state index contributed by atoms with van der Waals surface area (Å²) >= 11 is 0. The third-order valence-corrected chi connectivity index (χ3v) is 3.90. The molecule has 0 bridgehead atoms. The maximum Gasteiger partial charge on any atom is 0.315 e. The summed E-state index contributed by atoms with van der Waals surface area (Å²) < 4.78 is 4.94. The third kappa shape index (κ3) is 4.69. The zero-order valence-electron chi connectivity index (χ0n) is 13.8. The normalized spacial score (nSPS) is 12.8. The molecule has 7 nitrogen and oxygen atoms in total. The Labute approximate surface area is 145 Å². The van der Waals surface area contributed by atoms with Gasteiger partial charge in [0.15, 0.2) is 5.76 Å². The van der Waals surface area contributed by atoms with Gasteiger partial charge in [0.1, 0.15) is 5.41 Å². The van der Waals surface area contributed by atoms with Crippen molar-refractivity contribution in [3.8, 4) is 0 Å². The van der Waals surface area contributed by atoms with Gasteiger partial charge < -0.3 is 20.2 Å². The number of rotatable bonds is 8. The van der Waals surface area contributed by atoms with E-state index in [9.17, 15) is 19.5 Å². The van der Waals surface area contributed by atoms with Gasteiger partial charge in [0, 0.05) is 19.5 Å². The second-order valence-electron chi connectivity index (χ2n) is 5.76. The van der Waals surface area contributed by atoms with Gasteiger partial charge in [0.25, 0.3) is 5.91 Å². The van der Waals surface area contributed by atoms with Crippen molar-refractivity contribution >= 4 is 17.8 Å². The average molecular weight is 344 g/mol. The zero-order valence-corrected chi connectivity index (χ0v) is 13.8. The Balaban J connectivity index is 1.83. The quantitative estimate of drug-likeness (QED) is 0.673. The van der Waals surface area contributed by atoms with E-state index in [1.165, 1.54) is 12.3 Å². The van der Waals surface area contributed by atoms with Crippen LogP contribution in [0.25, 0.3) is 0 Å². The number of carbonyl (C=O) groups excluding carboxylic acids is 2. The van der Waals surface area contributed by atoms with Crippen molar-refractivity contribution < 1.29 is 23.9 Å². The monoisotopic (exact) mass is 344 g/mol. The Kier molecular flexibility index (Phi) is 5.94. The minimum absolute atomic E-state index is 0.0386. The Morgan fingerprint density at radius 1 is 1.08 bits per heavy atom.